The fourth-order valence-corrected chi connectivity index (χ4v) is 1.83. The summed E-state index contributed by atoms with van der Waals surface area (Å²) < 4.78 is 0. The van der Waals surface area contributed by atoms with Crippen LogP contribution in [0.3, 0.4) is 0 Å². The Balaban J connectivity index is 2.81. The predicted octanol–water partition coefficient (Wildman–Crippen LogP) is 1.31. The van der Waals surface area contributed by atoms with Gasteiger partial charge in [-0.2, -0.15) is 0 Å². The first-order chi connectivity index (χ1) is 7.93. The second-order valence-electron chi connectivity index (χ2n) is 4.53. The van der Waals surface area contributed by atoms with Crippen LogP contribution < -0.4 is 5.32 Å². The van der Waals surface area contributed by atoms with E-state index in [4.69, 9.17) is 0 Å². The second kappa shape index (κ2) is 5.63. The van der Waals surface area contributed by atoms with E-state index >= 15 is 0 Å². The van der Waals surface area contributed by atoms with E-state index in [1.807, 2.05) is 32.8 Å². The van der Waals surface area contributed by atoms with Gasteiger partial charge in [0.15, 0.2) is 5.75 Å². The van der Waals surface area contributed by atoms with Gasteiger partial charge >= 0.3 is 0 Å². The van der Waals surface area contributed by atoms with Crippen LogP contribution in [0.4, 0.5) is 5.69 Å². The molecule has 0 fully saturated rings. The molecule has 1 heterocycles. The number of nitrogens with one attached hydrogen (secondary N) is 1. The van der Waals surface area contributed by atoms with E-state index in [0.29, 0.717) is 5.69 Å². The molecule has 0 aliphatic carbocycles. The molecule has 1 atom stereocenters. The van der Waals surface area contributed by atoms with Crippen molar-refractivity contribution >= 4 is 11.6 Å². The van der Waals surface area contributed by atoms with Gasteiger partial charge in [0.25, 0.3) is 0 Å². The van der Waals surface area contributed by atoms with E-state index in [-0.39, 0.29) is 23.6 Å². The number of rotatable bonds is 4. The van der Waals surface area contributed by atoms with E-state index in [1.165, 1.54) is 12.4 Å². The number of carbonyl (C=O) groups is 1. The summed E-state index contributed by atoms with van der Waals surface area (Å²) in [6.45, 7) is 3.97. The van der Waals surface area contributed by atoms with Crippen molar-refractivity contribution in [2.75, 3.05) is 19.4 Å². The van der Waals surface area contributed by atoms with Gasteiger partial charge in [0.1, 0.15) is 0 Å². The third kappa shape index (κ3) is 3.42. The van der Waals surface area contributed by atoms with Crippen molar-refractivity contribution < 1.29 is 9.90 Å². The summed E-state index contributed by atoms with van der Waals surface area (Å²) in [7, 11) is 3.72. The third-order valence-corrected chi connectivity index (χ3v) is 2.51. The van der Waals surface area contributed by atoms with Crippen molar-refractivity contribution in [1.82, 2.24) is 9.88 Å². The van der Waals surface area contributed by atoms with Gasteiger partial charge < -0.3 is 10.4 Å². The lowest BCUT2D eigenvalue weighted by Gasteiger charge is -2.26. The van der Waals surface area contributed by atoms with E-state index in [1.54, 1.807) is 6.07 Å². The molecule has 0 saturated heterocycles. The molecule has 2 N–H and O–H groups in total. The van der Waals surface area contributed by atoms with E-state index < -0.39 is 0 Å². The number of hydrogen-bond donors (Lipinski definition) is 2. The highest BCUT2D eigenvalue weighted by molar-refractivity contribution is 5.96. The van der Waals surface area contributed by atoms with Crippen molar-refractivity contribution in [1.29, 1.82) is 0 Å². The van der Waals surface area contributed by atoms with Crippen molar-refractivity contribution in [3.05, 3.63) is 18.5 Å². The Morgan fingerprint density at radius 2 is 2.12 bits per heavy atom. The first kappa shape index (κ1) is 13.4. The third-order valence-electron chi connectivity index (χ3n) is 2.51. The zero-order valence-corrected chi connectivity index (χ0v) is 10.6. The fourth-order valence-electron chi connectivity index (χ4n) is 1.83. The van der Waals surface area contributed by atoms with Gasteiger partial charge in [0.2, 0.25) is 5.91 Å². The number of carbonyl (C=O) groups excluding carboxylic acids is 1. The molecule has 0 spiro atoms. The quantitative estimate of drug-likeness (QED) is 0.828. The second-order valence-corrected chi connectivity index (χ2v) is 4.53. The molecule has 0 bridgehead atoms. The molecule has 1 aromatic heterocycles. The number of aromatic hydroxyl groups is 1. The molecule has 5 nitrogen and oxygen atoms in total. The zero-order valence-electron chi connectivity index (χ0n) is 10.6. The van der Waals surface area contributed by atoms with Crippen molar-refractivity contribution in [2.45, 2.75) is 19.9 Å². The van der Waals surface area contributed by atoms with E-state index in [2.05, 4.69) is 10.3 Å². The molecular weight excluding hydrogens is 218 g/mol. The molecule has 0 radical (unpaired) electrons. The highest BCUT2D eigenvalue weighted by Crippen LogP contribution is 2.21. The number of anilines is 1. The van der Waals surface area contributed by atoms with Crippen molar-refractivity contribution in [3.63, 3.8) is 0 Å². The largest absolute Gasteiger partial charge is 0.504 e. The van der Waals surface area contributed by atoms with Crippen LogP contribution in [0.2, 0.25) is 0 Å². The Morgan fingerprint density at radius 3 is 2.59 bits per heavy atom. The number of aromatic nitrogens is 1. The molecule has 1 aromatic rings. The van der Waals surface area contributed by atoms with Gasteiger partial charge in [0.05, 0.1) is 17.9 Å². The number of amides is 1. The Kier molecular flexibility index (Phi) is 4.45. The molecule has 0 saturated carbocycles. The van der Waals surface area contributed by atoms with Gasteiger partial charge in [-0.3, -0.25) is 14.7 Å². The summed E-state index contributed by atoms with van der Waals surface area (Å²) in [6, 6.07) is 1.34. The summed E-state index contributed by atoms with van der Waals surface area (Å²) >= 11 is 0. The number of nitrogens with zero attached hydrogens (tertiary/aromatic N) is 2. The molecule has 0 aliphatic heterocycles. The van der Waals surface area contributed by atoms with Crippen LogP contribution in [-0.2, 0) is 4.79 Å². The van der Waals surface area contributed by atoms with Gasteiger partial charge in [-0.05, 0) is 26.1 Å². The highest BCUT2D eigenvalue weighted by atomic mass is 16.3. The lowest BCUT2D eigenvalue weighted by atomic mass is 10.0. The summed E-state index contributed by atoms with van der Waals surface area (Å²) in [6.07, 6.45) is 2.82. The molecule has 5 heteroatoms. The maximum absolute atomic E-state index is 12.1. The maximum atomic E-state index is 12.1. The fraction of sp³-hybridized carbons (Fsp3) is 0.500. The minimum Gasteiger partial charge on any atom is -0.504 e. The average Bonchev–Trinajstić information content (AvgIpc) is 2.20. The first-order valence-corrected chi connectivity index (χ1v) is 5.53. The van der Waals surface area contributed by atoms with Crippen LogP contribution in [0.15, 0.2) is 18.5 Å². The van der Waals surface area contributed by atoms with E-state index in [0.717, 1.165) is 0 Å². The zero-order chi connectivity index (χ0) is 13.0. The van der Waals surface area contributed by atoms with Crippen LogP contribution in [0.5, 0.6) is 5.75 Å². The Bertz CT molecular complexity index is 383. The highest BCUT2D eigenvalue weighted by Gasteiger charge is 2.24. The molecule has 1 amide bonds. The molecule has 0 unspecified atom stereocenters. The van der Waals surface area contributed by atoms with Crippen LogP contribution in [0.1, 0.15) is 13.8 Å². The van der Waals surface area contributed by atoms with Gasteiger partial charge in [-0.1, -0.05) is 13.8 Å². The van der Waals surface area contributed by atoms with E-state index in [9.17, 15) is 9.90 Å². The minimum absolute atomic E-state index is 0.0258. The van der Waals surface area contributed by atoms with Gasteiger partial charge in [-0.25, -0.2) is 0 Å². The Hall–Kier alpha value is -1.62. The maximum Gasteiger partial charge on any atom is 0.242 e. The standard InChI is InChI=1S/C12H19N3O2/c1-8(2)11(15(3)4)12(17)14-9-5-6-13-7-10(9)16/h5-8,11,16H,1-4H3,(H,13,14,17)/t11-/m1/s1. The number of hydrogen-bond acceptors (Lipinski definition) is 4. The van der Waals surface area contributed by atoms with Crippen molar-refractivity contribution in [3.8, 4) is 5.75 Å². The topological polar surface area (TPSA) is 65.5 Å². The van der Waals surface area contributed by atoms with Crippen LogP contribution in [0.25, 0.3) is 0 Å². The monoisotopic (exact) mass is 237 g/mol. The molecule has 0 aliphatic rings. The number of likely N-dealkylation sites (N-methyl/N-ethyl adjacent to an activating group) is 1. The number of pyridine rings is 1. The molecule has 94 valence electrons. The predicted molar refractivity (Wildman–Crippen MR) is 66.8 cm³/mol. The Labute approximate surface area is 101 Å². The van der Waals surface area contributed by atoms with Gasteiger partial charge in [0, 0.05) is 6.20 Å². The Morgan fingerprint density at radius 1 is 1.47 bits per heavy atom. The molecule has 0 aromatic carbocycles. The summed E-state index contributed by atoms with van der Waals surface area (Å²) in [4.78, 5) is 17.7. The summed E-state index contributed by atoms with van der Waals surface area (Å²) in [5.41, 5.74) is 0.387. The summed E-state index contributed by atoms with van der Waals surface area (Å²) in [5, 5.41) is 12.2. The average molecular weight is 237 g/mol. The van der Waals surface area contributed by atoms with Gasteiger partial charge in [-0.15, -0.1) is 0 Å². The molecular formula is C12H19N3O2. The molecule has 1 rings (SSSR count). The lowest BCUT2D eigenvalue weighted by Crippen LogP contribution is -2.43. The SMILES string of the molecule is CC(C)[C@H](C(=O)Nc1ccncc1O)N(C)C. The lowest BCUT2D eigenvalue weighted by molar-refractivity contribution is -0.121. The summed E-state index contributed by atoms with van der Waals surface area (Å²) in [5.74, 6) is 0.0302. The van der Waals surface area contributed by atoms with Crippen LogP contribution in [0, 0.1) is 5.92 Å². The van der Waals surface area contributed by atoms with Crippen LogP contribution >= 0.6 is 0 Å². The van der Waals surface area contributed by atoms with Crippen LogP contribution in [-0.4, -0.2) is 41.0 Å². The first-order valence-electron chi connectivity index (χ1n) is 5.53. The normalized spacial score (nSPS) is 12.8. The van der Waals surface area contributed by atoms with Crippen molar-refractivity contribution in [2.24, 2.45) is 5.92 Å². The minimum atomic E-state index is -0.234. The molecule has 17 heavy (non-hydrogen) atoms. The smallest absolute Gasteiger partial charge is 0.242 e.